The third-order valence-electron chi connectivity index (χ3n) is 5.90. The average molecular weight is 359 g/mol. The van der Waals surface area contributed by atoms with E-state index in [0.29, 0.717) is 5.92 Å². The van der Waals surface area contributed by atoms with Crippen molar-refractivity contribution in [2.45, 2.75) is 31.6 Å². The molecule has 0 unspecified atom stereocenters. The summed E-state index contributed by atoms with van der Waals surface area (Å²) in [7, 11) is 1.99. The van der Waals surface area contributed by atoms with Crippen LogP contribution in [-0.4, -0.2) is 7.05 Å². The van der Waals surface area contributed by atoms with Crippen molar-refractivity contribution in [1.29, 1.82) is 0 Å². The minimum atomic E-state index is -0.227. The average Bonchev–Trinajstić information content (AvgIpc) is 3.35. The van der Waals surface area contributed by atoms with Gasteiger partial charge in [0.15, 0.2) is 5.58 Å². The lowest BCUT2D eigenvalue weighted by Gasteiger charge is -2.19. The number of halogens is 1. The Balaban J connectivity index is 1.69. The predicted octanol–water partition coefficient (Wildman–Crippen LogP) is 7.15. The molecule has 136 valence electrons. The summed E-state index contributed by atoms with van der Waals surface area (Å²) >= 11 is 0. The molecule has 0 spiro atoms. The Morgan fingerprint density at radius 3 is 2.26 bits per heavy atom. The zero-order valence-electron chi connectivity index (χ0n) is 15.4. The van der Waals surface area contributed by atoms with Crippen LogP contribution in [0.25, 0.3) is 21.9 Å². The van der Waals surface area contributed by atoms with Gasteiger partial charge >= 0.3 is 0 Å². The van der Waals surface area contributed by atoms with Crippen LogP contribution >= 0.6 is 0 Å². The van der Waals surface area contributed by atoms with E-state index in [1.807, 2.05) is 7.05 Å². The van der Waals surface area contributed by atoms with Crippen LogP contribution in [0.3, 0.4) is 0 Å². The van der Waals surface area contributed by atoms with Crippen LogP contribution in [0.2, 0.25) is 0 Å². The maximum absolute atomic E-state index is 13.3. The van der Waals surface area contributed by atoms with Gasteiger partial charge in [-0.2, -0.15) is 0 Å². The summed E-state index contributed by atoms with van der Waals surface area (Å²) in [6, 6.07) is 19.3. The van der Waals surface area contributed by atoms with Gasteiger partial charge in [0.25, 0.3) is 0 Å². The number of hydrogen-bond donors (Lipinski definition) is 0. The molecule has 0 bridgehead atoms. The van der Waals surface area contributed by atoms with E-state index in [0.717, 1.165) is 27.9 Å². The standard InChI is InChI=1S/C24H22FNO/c1-26(18-14-12-17(25)13-15-18)22-11-5-10-21-20-9-4-8-19(16-6-2-3-7-16)23(20)27-24(21)22/h4-5,8-16H,2-3,6-7H2,1H3. The number of fused-ring (bicyclic) bond motifs is 3. The summed E-state index contributed by atoms with van der Waals surface area (Å²) in [5, 5.41) is 2.32. The van der Waals surface area contributed by atoms with Crippen molar-refractivity contribution < 1.29 is 8.81 Å². The van der Waals surface area contributed by atoms with E-state index in [4.69, 9.17) is 4.42 Å². The van der Waals surface area contributed by atoms with Crippen LogP contribution in [0.15, 0.2) is 65.1 Å². The molecule has 2 nitrogen and oxygen atoms in total. The normalized spacial score (nSPS) is 15.0. The molecule has 0 aliphatic heterocycles. The van der Waals surface area contributed by atoms with E-state index < -0.39 is 0 Å². The first-order valence-corrected chi connectivity index (χ1v) is 9.66. The van der Waals surface area contributed by atoms with Crippen molar-refractivity contribution in [1.82, 2.24) is 0 Å². The van der Waals surface area contributed by atoms with Crippen molar-refractivity contribution in [3.63, 3.8) is 0 Å². The minimum Gasteiger partial charge on any atom is -0.454 e. The van der Waals surface area contributed by atoms with Gasteiger partial charge in [-0.3, -0.25) is 0 Å². The van der Waals surface area contributed by atoms with Crippen LogP contribution < -0.4 is 4.90 Å². The summed E-state index contributed by atoms with van der Waals surface area (Å²) in [6.45, 7) is 0. The van der Waals surface area contributed by atoms with E-state index in [1.54, 1.807) is 12.1 Å². The molecule has 1 heterocycles. The number of furan rings is 1. The van der Waals surface area contributed by atoms with Gasteiger partial charge in [0.1, 0.15) is 11.4 Å². The first kappa shape index (κ1) is 16.4. The molecule has 0 radical (unpaired) electrons. The lowest BCUT2D eigenvalue weighted by molar-refractivity contribution is 0.628. The largest absolute Gasteiger partial charge is 0.454 e. The molecule has 1 aromatic heterocycles. The third-order valence-corrected chi connectivity index (χ3v) is 5.90. The van der Waals surface area contributed by atoms with Crippen LogP contribution in [0.4, 0.5) is 15.8 Å². The quantitative estimate of drug-likeness (QED) is 0.386. The van der Waals surface area contributed by atoms with Gasteiger partial charge < -0.3 is 9.32 Å². The molecular formula is C24H22FNO. The Morgan fingerprint density at radius 2 is 1.52 bits per heavy atom. The SMILES string of the molecule is CN(c1ccc(F)cc1)c1cccc2c1oc1c(C3CCCC3)cccc12. The van der Waals surface area contributed by atoms with Gasteiger partial charge in [-0.05, 0) is 54.7 Å². The van der Waals surface area contributed by atoms with Crippen molar-refractivity contribution in [2.24, 2.45) is 0 Å². The third kappa shape index (κ3) is 2.69. The van der Waals surface area contributed by atoms with Crippen LogP contribution in [0, 0.1) is 5.82 Å². The molecule has 1 saturated carbocycles. The van der Waals surface area contributed by atoms with E-state index >= 15 is 0 Å². The second-order valence-corrected chi connectivity index (χ2v) is 7.50. The van der Waals surface area contributed by atoms with Crippen molar-refractivity contribution in [3.8, 4) is 0 Å². The Labute approximate surface area is 158 Å². The zero-order valence-corrected chi connectivity index (χ0v) is 15.4. The summed E-state index contributed by atoms with van der Waals surface area (Å²) in [6.07, 6.45) is 5.11. The number of hydrogen-bond acceptors (Lipinski definition) is 2. The molecule has 27 heavy (non-hydrogen) atoms. The lowest BCUT2D eigenvalue weighted by atomic mass is 9.95. The molecule has 0 N–H and O–H groups in total. The van der Waals surface area contributed by atoms with Gasteiger partial charge in [0, 0.05) is 23.5 Å². The number of rotatable bonds is 3. The number of anilines is 2. The van der Waals surface area contributed by atoms with Gasteiger partial charge in [-0.25, -0.2) is 4.39 Å². The highest BCUT2D eigenvalue weighted by atomic mass is 19.1. The summed E-state index contributed by atoms with van der Waals surface area (Å²) in [4.78, 5) is 2.05. The Bertz CT molecular complexity index is 1110. The highest BCUT2D eigenvalue weighted by Gasteiger charge is 2.23. The Hall–Kier alpha value is -2.81. The summed E-state index contributed by atoms with van der Waals surface area (Å²) < 4.78 is 19.8. The molecule has 0 amide bonds. The molecule has 0 atom stereocenters. The molecule has 1 aliphatic carbocycles. The maximum atomic E-state index is 13.3. The van der Waals surface area contributed by atoms with Crippen LogP contribution in [0.1, 0.15) is 37.2 Å². The first-order chi connectivity index (χ1) is 13.2. The lowest BCUT2D eigenvalue weighted by Crippen LogP contribution is -2.09. The fraction of sp³-hybridized carbons (Fsp3) is 0.250. The Morgan fingerprint density at radius 1 is 0.852 bits per heavy atom. The van der Waals surface area contributed by atoms with E-state index in [9.17, 15) is 4.39 Å². The molecule has 0 saturated heterocycles. The van der Waals surface area contributed by atoms with Gasteiger partial charge in [0.2, 0.25) is 0 Å². The fourth-order valence-corrected chi connectivity index (χ4v) is 4.45. The first-order valence-electron chi connectivity index (χ1n) is 9.66. The minimum absolute atomic E-state index is 0.227. The highest BCUT2D eigenvalue weighted by Crippen LogP contribution is 2.43. The number of para-hydroxylation sites is 2. The molecule has 1 fully saturated rings. The monoisotopic (exact) mass is 359 g/mol. The highest BCUT2D eigenvalue weighted by molar-refractivity contribution is 6.10. The smallest absolute Gasteiger partial charge is 0.159 e. The predicted molar refractivity (Wildman–Crippen MR) is 109 cm³/mol. The van der Waals surface area contributed by atoms with Crippen LogP contribution in [0.5, 0.6) is 0 Å². The summed E-state index contributed by atoms with van der Waals surface area (Å²) in [5.74, 6) is 0.378. The molecule has 3 heteroatoms. The number of benzene rings is 3. The van der Waals surface area contributed by atoms with Gasteiger partial charge in [-0.15, -0.1) is 0 Å². The number of nitrogens with zero attached hydrogens (tertiary/aromatic N) is 1. The second-order valence-electron chi connectivity index (χ2n) is 7.50. The van der Waals surface area contributed by atoms with E-state index in [2.05, 4.69) is 41.3 Å². The maximum Gasteiger partial charge on any atom is 0.159 e. The van der Waals surface area contributed by atoms with Crippen molar-refractivity contribution in [2.75, 3.05) is 11.9 Å². The van der Waals surface area contributed by atoms with E-state index in [-0.39, 0.29) is 5.82 Å². The topological polar surface area (TPSA) is 16.4 Å². The fourth-order valence-electron chi connectivity index (χ4n) is 4.45. The molecule has 3 aromatic carbocycles. The van der Waals surface area contributed by atoms with Crippen molar-refractivity contribution in [3.05, 3.63) is 72.0 Å². The summed E-state index contributed by atoms with van der Waals surface area (Å²) in [5.41, 5.74) is 5.19. The second kappa shape index (κ2) is 6.41. The molecular weight excluding hydrogens is 337 g/mol. The van der Waals surface area contributed by atoms with Crippen LogP contribution in [-0.2, 0) is 0 Å². The molecule has 1 aliphatic rings. The Kier molecular flexibility index (Phi) is 3.89. The molecule has 5 rings (SSSR count). The molecule has 4 aromatic rings. The van der Waals surface area contributed by atoms with Gasteiger partial charge in [-0.1, -0.05) is 43.2 Å². The zero-order chi connectivity index (χ0) is 18.4. The van der Waals surface area contributed by atoms with E-state index in [1.165, 1.54) is 48.8 Å². The van der Waals surface area contributed by atoms with Crippen molar-refractivity contribution >= 4 is 33.3 Å². The van der Waals surface area contributed by atoms with Gasteiger partial charge in [0.05, 0.1) is 5.69 Å².